The molecular formula is C13H18N2O3. The number of hydrogen-bond acceptors (Lipinski definition) is 4. The molecule has 0 aliphatic carbocycles. The van der Waals surface area contributed by atoms with Gasteiger partial charge in [-0.25, -0.2) is 0 Å². The van der Waals surface area contributed by atoms with Crippen molar-refractivity contribution in [2.75, 3.05) is 11.9 Å². The lowest BCUT2D eigenvalue weighted by molar-refractivity contribution is -0.384. The Kier molecular flexibility index (Phi) is 4.83. The number of non-ortho nitro benzene ring substituents is 1. The van der Waals surface area contributed by atoms with Crippen LogP contribution in [0.5, 0.6) is 0 Å². The molecule has 0 radical (unpaired) electrons. The third kappa shape index (κ3) is 3.06. The standard InChI is InChI=1S/C13H18N2O3/c1-4-5-10(2)14(3)13-7-6-12(15(17)18)8-11(13)9-16/h6-10H,4-5H2,1-3H3. The second-order valence-electron chi connectivity index (χ2n) is 4.37. The molecule has 5 heteroatoms. The molecule has 0 aromatic heterocycles. The Morgan fingerprint density at radius 1 is 1.50 bits per heavy atom. The van der Waals surface area contributed by atoms with E-state index < -0.39 is 4.92 Å². The normalized spacial score (nSPS) is 11.9. The van der Waals surface area contributed by atoms with Crippen molar-refractivity contribution in [1.82, 2.24) is 0 Å². The molecule has 18 heavy (non-hydrogen) atoms. The van der Waals surface area contributed by atoms with Crippen molar-refractivity contribution < 1.29 is 9.72 Å². The molecule has 1 aromatic carbocycles. The first-order chi connectivity index (χ1) is 8.51. The van der Waals surface area contributed by atoms with Crippen molar-refractivity contribution in [3.8, 4) is 0 Å². The van der Waals surface area contributed by atoms with Crippen LogP contribution in [0.15, 0.2) is 18.2 Å². The minimum Gasteiger partial charge on any atom is -0.371 e. The highest BCUT2D eigenvalue weighted by Gasteiger charge is 2.16. The molecule has 0 spiro atoms. The summed E-state index contributed by atoms with van der Waals surface area (Å²) < 4.78 is 0. The van der Waals surface area contributed by atoms with E-state index in [0.29, 0.717) is 11.8 Å². The lowest BCUT2D eigenvalue weighted by Gasteiger charge is -2.27. The first-order valence-corrected chi connectivity index (χ1v) is 5.97. The minimum atomic E-state index is -0.494. The largest absolute Gasteiger partial charge is 0.371 e. The Hall–Kier alpha value is -1.91. The summed E-state index contributed by atoms with van der Waals surface area (Å²) >= 11 is 0. The van der Waals surface area contributed by atoms with E-state index >= 15 is 0 Å². The highest BCUT2D eigenvalue weighted by atomic mass is 16.6. The maximum Gasteiger partial charge on any atom is 0.270 e. The van der Waals surface area contributed by atoms with Gasteiger partial charge in [0.15, 0.2) is 6.29 Å². The molecule has 0 amide bonds. The Labute approximate surface area is 107 Å². The van der Waals surface area contributed by atoms with Crippen molar-refractivity contribution in [2.24, 2.45) is 0 Å². The summed E-state index contributed by atoms with van der Waals surface area (Å²) in [5.41, 5.74) is 1.03. The second kappa shape index (κ2) is 6.14. The van der Waals surface area contributed by atoms with Crippen molar-refractivity contribution >= 4 is 17.7 Å². The predicted octanol–water partition coefficient (Wildman–Crippen LogP) is 3.03. The summed E-state index contributed by atoms with van der Waals surface area (Å²) in [6.07, 6.45) is 2.72. The van der Waals surface area contributed by atoms with Gasteiger partial charge in [-0.2, -0.15) is 0 Å². The highest BCUT2D eigenvalue weighted by Crippen LogP contribution is 2.25. The third-order valence-electron chi connectivity index (χ3n) is 3.10. The van der Waals surface area contributed by atoms with Crippen LogP contribution in [0.2, 0.25) is 0 Å². The molecule has 0 heterocycles. The molecule has 1 aromatic rings. The Morgan fingerprint density at radius 3 is 2.67 bits per heavy atom. The fraction of sp³-hybridized carbons (Fsp3) is 0.462. The van der Waals surface area contributed by atoms with Crippen LogP contribution in [0.25, 0.3) is 0 Å². The maximum atomic E-state index is 11.0. The monoisotopic (exact) mass is 250 g/mol. The smallest absolute Gasteiger partial charge is 0.270 e. The van der Waals surface area contributed by atoms with Crippen LogP contribution in [0.1, 0.15) is 37.0 Å². The number of anilines is 1. The zero-order chi connectivity index (χ0) is 13.7. The fourth-order valence-electron chi connectivity index (χ4n) is 1.92. The van der Waals surface area contributed by atoms with E-state index in [2.05, 4.69) is 13.8 Å². The van der Waals surface area contributed by atoms with Gasteiger partial charge in [-0.3, -0.25) is 14.9 Å². The molecule has 0 aliphatic heterocycles. The van der Waals surface area contributed by atoms with Gasteiger partial charge in [0.05, 0.1) is 4.92 Å². The number of nitrogens with zero attached hydrogens (tertiary/aromatic N) is 2. The number of benzene rings is 1. The molecule has 5 nitrogen and oxygen atoms in total. The van der Waals surface area contributed by atoms with E-state index in [4.69, 9.17) is 0 Å². The van der Waals surface area contributed by atoms with E-state index in [-0.39, 0.29) is 11.7 Å². The number of nitro groups is 1. The highest BCUT2D eigenvalue weighted by molar-refractivity contribution is 5.86. The quantitative estimate of drug-likeness (QED) is 0.442. The van der Waals surface area contributed by atoms with Crippen LogP contribution in [-0.2, 0) is 0 Å². The summed E-state index contributed by atoms with van der Waals surface area (Å²) in [5.74, 6) is 0. The number of carbonyl (C=O) groups excluding carboxylic acids is 1. The van der Waals surface area contributed by atoms with E-state index in [1.807, 2.05) is 11.9 Å². The molecule has 0 saturated heterocycles. The topological polar surface area (TPSA) is 63.4 Å². The average Bonchev–Trinajstić information content (AvgIpc) is 2.37. The van der Waals surface area contributed by atoms with Crippen LogP contribution >= 0.6 is 0 Å². The summed E-state index contributed by atoms with van der Waals surface area (Å²) in [7, 11) is 1.90. The third-order valence-corrected chi connectivity index (χ3v) is 3.10. The molecule has 0 bridgehead atoms. The molecular weight excluding hydrogens is 232 g/mol. The van der Waals surface area contributed by atoms with E-state index in [1.54, 1.807) is 6.07 Å². The Bertz CT molecular complexity index is 446. The van der Waals surface area contributed by atoms with Crippen LogP contribution in [0.3, 0.4) is 0 Å². The van der Waals surface area contributed by atoms with Gasteiger partial charge in [0.2, 0.25) is 0 Å². The second-order valence-corrected chi connectivity index (χ2v) is 4.37. The van der Waals surface area contributed by atoms with Crippen molar-refractivity contribution in [3.63, 3.8) is 0 Å². The van der Waals surface area contributed by atoms with Crippen LogP contribution in [0.4, 0.5) is 11.4 Å². The van der Waals surface area contributed by atoms with E-state index in [9.17, 15) is 14.9 Å². The van der Waals surface area contributed by atoms with Crippen LogP contribution in [0, 0.1) is 10.1 Å². The van der Waals surface area contributed by atoms with Gasteiger partial charge >= 0.3 is 0 Å². The molecule has 0 N–H and O–H groups in total. The van der Waals surface area contributed by atoms with Gasteiger partial charge < -0.3 is 4.90 Å². The van der Waals surface area contributed by atoms with E-state index in [1.165, 1.54) is 12.1 Å². The number of hydrogen-bond donors (Lipinski definition) is 0. The zero-order valence-electron chi connectivity index (χ0n) is 10.9. The van der Waals surface area contributed by atoms with E-state index in [0.717, 1.165) is 18.5 Å². The minimum absolute atomic E-state index is 0.0580. The molecule has 1 rings (SSSR count). The van der Waals surface area contributed by atoms with Gasteiger partial charge in [-0.15, -0.1) is 0 Å². The van der Waals surface area contributed by atoms with Gasteiger partial charge in [0, 0.05) is 36.5 Å². The van der Waals surface area contributed by atoms with Gasteiger partial charge in [-0.05, 0) is 19.4 Å². The molecule has 0 aliphatic rings. The van der Waals surface area contributed by atoms with Crippen molar-refractivity contribution in [3.05, 3.63) is 33.9 Å². The molecule has 0 saturated carbocycles. The van der Waals surface area contributed by atoms with Gasteiger partial charge in [0.1, 0.15) is 0 Å². The summed E-state index contributed by atoms with van der Waals surface area (Å²) in [6.45, 7) is 4.17. The van der Waals surface area contributed by atoms with Crippen LogP contribution < -0.4 is 4.90 Å². The molecule has 1 unspecified atom stereocenters. The lowest BCUT2D eigenvalue weighted by Crippen LogP contribution is -2.29. The fourth-order valence-corrected chi connectivity index (χ4v) is 1.92. The number of carbonyl (C=O) groups is 1. The summed E-state index contributed by atoms with van der Waals surface area (Å²) in [5, 5.41) is 10.7. The van der Waals surface area contributed by atoms with Crippen molar-refractivity contribution in [1.29, 1.82) is 0 Å². The first kappa shape index (κ1) is 14.2. The number of nitro benzene ring substituents is 1. The summed E-state index contributed by atoms with van der Waals surface area (Å²) in [6, 6.07) is 4.67. The molecule has 98 valence electrons. The first-order valence-electron chi connectivity index (χ1n) is 5.97. The number of aldehydes is 1. The van der Waals surface area contributed by atoms with Gasteiger partial charge in [0.25, 0.3) is 5.69 Å². The zero-order valence-corrected chi connectivity index (χ0v) is 10.9. The SMILES string of the molecule is CCCC(C)N(C)c1ccc([N+](=O)[O-])cc1C=O. The molecule has 0 fully saturated rings. The van der Waals surface area contributed by atoms with Crippen molar-refractivity contribution in [2.45, 2.75) is 32.7 Å². The van der Waals surface area contributed by atoms with Crippen LogP contribution in [-0.4, -0.2) is 24.3 Å². The Balaban J connectivity index is 3.08. The maximum absolute atomic E-state index is 11.0. The predicted molar refractivity (Wildman–Crippen MR) is 71.3 cm³/mol. The average molecular weight is 250 g/mol. The Morgan fingerprint density at radius 2 is 2.17 bits per heavy atom. The van der Waals surface area contributed by atoms with Gasteiger partial charge in [-0.1, -0.05) is 13.3 Å². The lowest BCUT2D eigenvalue weighted by atomic mass is 10.1. The summed E-state index contributed by atoms with van der Waals surface area (Å²) in [4.78, 5) is 23.2. The molecule has 1 atom stereocenters. The number of rotatable bonds is 6.